The summed E-state index contributed by atoms with van der Waals surface area (Å²) in [7, 11) is 2.40. The Morgan fingerprint density at radius 3 is 2.33 bits per heavy atom. The zero-order valence-electron chi connectivity index (χ0n) is 8.68. The third kappa shape index (κ3) is 3.20. The van der Waals surface area contributed by atoms with Crippen LogP contribution in [0.25, 0.3) is 0 Å². The van der Waals surface area contributed by atoms with Gasteiger partial charge in [0, 0.05) is 0 Å². The summed E-state index contributed by atoms with van der Waals surface area (Å²) in [4.78, 5) is 0. The van der Waals surface area contributed by atoms with Crippen molar-refractivity contribution in [3.63, 3.8) is 0 Å². The van der Waals surface area contributed by atoms with Crippen LogP contribution in [0.3, 0.4) is 0 Å². The van der Waals surface area contributed by atoms with E-state index in [-0.39, 0.29) is 0 Å². The second-order valence-electron chi connectivity index (χ2n) is 4.26. The third-order valence-electron chi connectivity index (χ3n) is 3.33. The van der Waals surface area contributed by atoms with Gasteiger partial charge >= 0.3 is 0 Å². The Balaban J connectivity index is 2.09. The van der Waals surface area contributed by atoms with Crippen molar-refractivity contribution in [2.75, 3.05) is 0 Å². The Labute approximate surface area is 78.4 Å². The Morgan fingerprint density at radius 2 is 1.83 bits per heavy atom. The molecular weight excluding hydrogens is 143 g/mol. The molecule has 12 heavy (non-hydrogen) atoms. The smallest absolute Gasteiger partial charge is 0.0917 e. The molecule has 0 spiro atoms. The van der Waals surface area contributed by atoms with Gasteiger partial charge < -0.3 is 0 Å². The molecule has 0 aromatic carbocycles. The molecule has 1 aliphatic carbocycles. The van der Waals surface area contributed by atoms with Gasteiger partial charge in [0.15, 0.2) is 0 Å². The zero-order chi connectivity index (χ0) is 8.81. The molecule has 0 nitrogen and oxygen atoms in total. The minimum atomic E-state index is 0.947. The van der Waals surface area contributed by atoms with Gasteiger partial charge in [0.1, 0.15) is 7.28 Å². The molecule has 0 aromatic heterocycles. The van der Waals surface area contributed by atoms with Crippen molar-refractivity contribution in [3.8, 4) is 0 Å². The van der Waals surface area contributed by atoms with Crippen LogP contribution in [0.2, 0.25) is 12.6 Å². The van der Waals surface area contributed by atoms with Gasteiger partial charge in [0.25, 0.3) is 0 Å². The predicted octanol–water partition coefficient (Wildman–Crippen LogP) is 3.91. The van der Waals surface area contributed by atoms with Crippen molar-refractivity contribution in [2.24, 2.45) is 5.92 Å². The zero-order valence-corrected chi connectivity index (χ0v) is 8.68. The molecule has 0 unspecified atom stereocenters. The van der Waals surface area contributed by atoms with E-state index in [0.717, 1.165) is 11.7 Å². The van der Waals surface area contributed by atoms with Crippen molar-refractivity contribution in [1.29, 1.82) is 0 Å². The summed E-state index contributed by atoms with van der Waals surface area (Å²) < 4.78 is 0. The average molecular weight is 165 g/mol. The topological polar surface area (TPSA) is 0 Å². The molecule has 0 N–H and O–H groups in total. The molecule has 1 fully saturated rings. The Hall–Kier alpha value is 0.0649. The van der Waals surface area contributed by atoms with E-state index < -0.39 is 0 Å². The first-order chi connectivity index (χ1) is 5.86. The number of hydrogen-bond donors (Lipinski definition) is 0. The monoisotopic (exact) mass is 165 g/mol. The fourth-order valence-electron chi connectivity index (χ4n) is 2.30. The number of hydrogen-bond acceptors (Lipinski definition) is 0. The maximum atomic E-state index is 2.40. The van der Waals surface area contributed by atoms with E-state index in [1.54, 1.807) is 0 Å². The SMILES string of the molecule is C[B]C1CCC(CCCC)CC1. The van der Waals surface area contributed by atoms with Crippen LogP contribution >= 0.6 is 0 Å². The molecule has 0 aliphatic heterocycles. The molecule has 1 heteroatoms. The van der Waals surface area contributed by atoms with E-state index in [2.05, 4.69) is 21.0 Å². The van der Waals surface area contributed by atoms with Crippen LogP contribution < -0.4 is 0 Å². The highest BCUT2D eigenvalue weighted by atomic mass is 14.2. The van der Waals surface area contributed by atoms with Crippen LogP contribution in [-0.2, 0) is 0 Å². The molecule has 1 rings (SSSR count). The Morgan fingerprint density at radius 1 is 1.17 bits per heavy atom. The summed E-state index contributed by atoms with van der Waals surface area (Å²) in [5.41, 5.74) is 0. The van der Waals surface area contributed by atoms with Crippen molar-refractivity contribution in [3.05, 3.63) is 0 Å². The van der Waals surface area contributed by atoms with E-state index in [9.17, 15) is 0 Å². The summed E-state index contributed by atoms with van der Waals surface area (Å²) in [5.74, 6) is 2.02. The van der Waals surface area contributed by atoms with Gasteiger partial charge in [-0.1, -0.05) is 64.5 Å². The van der Waals surface area contributed by atoms with Crippen molar-refractivity contribution in [1.82, 2.24) is 0 Å². The Kier molecular flexibility index (Phi) is 4.79. The van der Waals surface area contributed by atoms with Gasteiger partial charge in [-0.2, -0.15) is 0 Å². The lowest BCUT2D eigenvalue weighted by molar-refractivity contribution is 0.330. The van der Waals surface area contributed by atoms with E-state index in [4.69, 9.17) is 0 Å². The highest BCUT2D eigenvalue weighted by molar-refractivity contribution is 6.35. The first kappa shape index (κ1) is 10.1. The average Bonchev–Trinajstić information content (AvgIpc) is 2.15. The maximum Gasteiger partial charge on any atom is 0.110 e. The molecule has 0 atom stereocenters. The first-order valence-electron chi connectivity index (χ1n) is 5.66. The van der Waals surface area contributed by atoms with Gasteiger partial charge in [-0.3, -0.25) is 0 Å². The molecule has 0 saturated heterocycles. The second-order valence-corrected chi connectivity index (χ2v) is 4.26. The fraction of sp³-hybridized carbons (Fsp3) is 1.00. The van der Waals surface area contributed by atoms with E-state index in [0.29, 0.717) is 0 Å². The number of unbranched alkanes of at least 4 members (excludes halogenated alkanes) is 1. The van der Waals surface area contributed by atoms with Gasteiger partial charge in [-0.15, -0.1) is 0 Å². The Bertz CT molecular complexity index is 104. The maximum absolute atomic E-state index is 2.40. The lowest BCUT2D eigenvalue weighted by Gasteiger charge is -2.27. The van der Waals surface area contributed by atoms with Gasteiger partial charge in [-0.05, 0) is 5.92 Å². The normalized spacial score (nSPS) is 30.2. The van der Waals surface area contributed by atoms with Gasteiger partial charge in [0.2, 0.25) is 0 Å². The highest BCUT2D eigenvalue weighted by Crippen LogP contribution is 2.34. The largest absolute Gasteiger partial charge is 0.110 e. The van der Waals surface area contributed by atoms with Gasteiger partial charge in [-0.25, -0.2) is 0 Å². The summed E-state index contributed by atoms with van der Waals surface area (Å²) in [5, 5.41) is 0. The van der Waals surface area contributed by atoms with Crippen molar-refractivity contribution in [2.45, 2.75) is 64.5 Å². The standard InChI is InChI=1S/C11H22B/c1-3-4-5-10-6-8-11(12-2)9-7-10/h10-11H,3-9H2,1-2H3. The van der Waals surface area contributed by atoms with E-state index in [1.165, 1.54) is 44.9 Å². The van der Waals surface area contributed by atoms with E-state index >= 15 is 0 Å². The molecule has 0 heterocycles. The van der Waals surface area contributed by atoms with Crippen LogP contribution in [0.4, 0.5) is 0 Å². The fourth-order valence-corrected chi connectivity index (χ4v) is 2.30. The van der Waals surface area contributed by atoms with Crippen LogP contribution in [-0.4, -0.2) is 7.28 Å². The molecule has 0 aromatic rings. The second kappa shape index (κ2) is 5.67. The van der Waals surface area contributed by atoms with Crippen LogP contribution in [0.5, 0.6) is 0 Å². The van der Waals surface area contributed by atoms with Crippen LogP contribution in [0.1, 0.15) is 51.9 Å². The molecule has 0 amide bonds. The first-order valence-corrected chi connectivity index (χ1v) is 5.66. The molecule has 0 bridgehead atoms. The predicted molar refractivity (Wildman–Crippen MR) is 56.9 cm³/mol. The summed E-state index contributed by atoms with van der Waals surface area (Å²) >= 11 is 0. The lowest BCUT2D eigenvalue weighted by atomic mass is 9.59. The highest BCUT2D eigenvalue weighted by Gasteiger charge is 2.19. The van der Waals surface area contributed by atoms with Crippen molar-refractivity contribution < 1.29 is 0 Å². The van der Waals surface area contributed by atoms with Crippen LogP contribution in [0.15, 0.2) is 0 Å². The molecule has 1 aliphatic rings. The lowest BCUT2D eigenvalue weighted by Crippen LogP contribution is -2.13. The summed E-state index contributed by atoms with van der Waals surface area (Å²) in [6.45, 7) is 4.52. The molecule has 1 radical (unpaired) electrons. The van der Waals surface area contributed by atoms with E-state index in [1.807, 2.05) is 0 Å². The van der Waals surface area contributed by atoms with Crippen molar-refractivity contribution >= 4 is 7.28 Å². The molecular formula is C11H22B. The minimum Gasteiger partial charge on any atom is -0.0917 e. The summed E-state index contributed by atoms with van der Waals surface area (Å²) in [6.07, 6.45) is 10.2. The molecule has 69 valence electrons. The number of rotatable bonds is 4. The summed E-state index contributed by atoms with van der Waals surface area (Å²) in [6, 6.07) is 0. The third-order valence-corrected chi connectivity index (χ3v) is 3.33. The minimum absolute atomic E-state index is 0.947. The quantitative estimate of drug-likeness (QED) is 0.554. The van der Waals surface area contributed by atoms with Crippen LogP contribution in [0, 0.1) is 5.92 Å². The van der Waals surface area contributed by atoms with Gasteiger partial charge in [0.05, 0.1) is 0 Å². The molecule has 1 saturated carbocycles.